The monoisotopic (exact) mass is 405 g/mol. The smallest absolute Gasteiger partial charge is 0.383 e. The maximum Gasteiger partial charge on any atom is 0.405 e. The number of amides is 1. The summed E-state index contributed by atoms with van der Waals surface area (Å²) in [6.07, 6.45) is -5.68. The van der Waals surface area contributed by atoms with Gasteiger partial charge in [-0.25, -0.2) is 20.2 Å². The number of aliphatic imine (C=N–C) groups is 1. The Morgan fingerprint density at radius 3 is 2.68 bits per heavy atom. The van der Waals surface area contributed by atoms with Gasteiger partial charge >= 0.3 is 6.18 Å². The number of aryl methyl sites for hydroxylation is 1. The Balaban J connectivity index is 2.14. The number of nitrogens with one attached hydrogen (secondary N) is 4. The van der Waals surface area contributed by atoms with E-state index < -0.39 is 30.1 Å². The van der Waals surface area contributed by atoms with Crippen LogP contribution in [0, 0.1) is 12.7 Å². The van der Waals surface area contributed by atoms with Crippen molar-refractivity contribution in [3.63, 3.8) is 0 Å². The summed E-state index contributed by atoms with van der Waals surface area (Å²) < 4.78 is 57.1. The number of ether oxygens (including phenoxy) is 1. The molecular weight excluding hydrogens is 382 g/mol. The third kappa shape index (κ3) is 6.14. The number of benzene rings is 1. The number of hydrazine groups is 1. The van der Waals surface area contributed by atoms with Crippen LogP contribution in [0.2, 0.25) is 0 Å². The van der Waals surface area contributed by atoms with Crippen LogP contribution in [0.4, 0.5) is 17.6 Å². The quantitative estimate of drug-likeness (QED) is 0.340. The number of alkyl halides is 3. The van der Waals surface area contributed by atoms with Gasteiger partial charge in [-0.05, 0) is 31.5 Å². The molecule has 1 aromatic rings. The first-order valence-corrected chi connectivity index (χ1v) is 8.58. The van der Waals surface area contributed by atoms with E-state index in [2.05, 4.69) is 26.5 Å². The van der Waals surface area contributed by atoms with Crippen LogP contribution in [0.15, 0.2) is 23.2 Å². The molecule has 2 unspecified atom stereocenters. The van der Waals surface area contributed by atoms with Crippen molar-refractivity contribution < 1.29 is 27.1 Å². The highest BCUT2D eigenvalue weighted by atomic mass is 19.4. The van der Waals surface area contributed by atoms with Gasteiger partial charge in [0.2, 0.25) is 0 Å². The fourth-order valence-corrected chi connectivity index (χ4v) is 2.54. The molecule has 4 N–H and O–H groups in total. The summed E-state index contributed by atoms with van der Waals surface area (Å²) in [7, 11) is 1.49. The predicted molar refractivity (Wildman–Crippen MR) is 95.0 cm³/mol. The van der Waals surface area contributed by atoms with E-state index >= 15 is 0 Å². The van der Waals surface area contributed by atoms with Crippen LogP contribution in [0.1, 0.15) is 29.3 Å². The van der Waals surface area contributed by atoms with E-state index in [1.165, 1.54) is 19.2 Å². The van der Waals surface area contributed by atoms with Crippen molar-refractivity contribution in [3.8, 4) is 0 Å². The Kier molecular flexibility index (Phi) is 7.33. The number of hydrogen-bond acceptors (Lipinski definition) is 5. The summed E-state index contributed by atoms with van der Waals surface area (Å²) in [5.74, 6) is -1.23. The lowest BCUT2D eigenvalue weighted by Gasteiger charge is -2.18. The molecule has 0 spiro atoms. The number of carbonyl (C=O) groups is 1. The molecule has 0 aliphatic carbocycles. The van der Waals surface area contributed by atoms with Gasteiger partial charge in [-0.2, -0.15) is 13.2 Å². The van der Waals surface area contributed by atoms with Gasteiger partial charge in [0.05, 0.1) is 6.61 Å². The first-order valence-electron chi connectivity index (χ1n) is 8.58. The van der Waals surface area contributed by atoms with Crippen LogP contribution >= 0.6 is 0 Å². The molecule has 2 rings (SSSR count). The average Bonchev–Trinajstić information content (AvgIpc) is 3.06. The van der Waals surface area contributed by atoms with Gasteiger partial charge in [-0.3, -0.25) is 10.1 Å². The Bertz CT molecular complexity index is 726. The van der Waals surface area contributed by atoms with Gasteiger partial charge in [-0.15, -0.1) is 0 Å². The minimum Gasteiger partial charge on any atom is -0.383 e. The van der Waals surface area contributed by atoms with Gasteiger partial charge in [0.15, 0.2) is 5.96 Å². The highest BCUT2D eigenvalue weighted by Gasteiger charge is 2.44. The minimum absolute atomic E-state index is 0.0438. The number of guanidine groups is 1. The van der Waals surface area contributed by atoms with Gasteiger partial charge in [0.25, 0.3) is 5.91 Å². The van der Waals surface area contributed by atoms with Crippen LogP contribution in [0.3, 0.4) is 0 Å². The lowest BCUT2D eigenvalue weighted by atomic mass is 10.1. The average molecular weight is 405 g/mol. The highest BCUT2D eigenvalue weighted by molar-refractivity contribution is 6.05. The first kappa shape index (κ1) is 22.1. The summed E-state index contributed by atoms with van der Waals surface area (Å²) in [5.41, 5.74) is 5.01. The molecule has 3 atom stereocenters. The molecule has 1 aliphatic heterocycles. The van der Waals surface area contributed by atoms with Crippen LogP contribution in [-0.2, 0) is 4.74 Å². The van der Waals surface area contributed by atoms with Gasteiger partial charge in [0, 0.05) is 25.1 Å². The summed E-state index contributed by atoms with van der Waals surface area (Å²) in [6, 6.07) is 1.94. The Morgan fingerprint density at radius 2 is 2.11 bits per heavy atom. The zero-order chi connectivity index (χ0) is 20.9. The van der Waals surface area contributed by atoms with Crippen LogP contribution < -0.4 is 21.5 Å². The molecule has 1 fully saturated rings. The number of halogens is 4. The van der Waals surface area contributed by atoms with Crippen molar-refractivity contribution in [2.75, 3.05) is 13.7 Å². The number of nitrogens with zero attached hydrogens (tertiary/aromatic N) is 1. The van der Waals surface area contributed by atoms with Crippen molar-refractivity contribution in [2.24, 2.45) is 4.99 Å². The fourth-order valence-electron chi connectivity index (χ4n) is 2.54. The lowest BCUT2D eigenvalue weighted by Crippen LogP contribution is -2.47. The van der Waals surface area contributed by atoms with Crippen molar-refractivity contribution in [3.05, 3.63) is 35.1 Å². The van der Waals surface area contributed by atoms with E-state index in [4.69, 9.17) is 4.74 Å². The molecule has 1 aliphatic rings. The fraction of sp³-hybridized carbons (Fsp3) is 0.529. The number of methoxy groups -OCH3 is 1. The third-order valence-electron chi connectivity index (χ3n) is 4.03. The van der Waals surface area contributed by atoms with Crippen LogP contribution in [0.5, 0.6) is 0 Å². The molecule has 156 valence electrons. The summed E-state index contributed by atoms with van der Waals surface area (Å²) in [6.45, 7) is 3.58. The second-order valence-corrected chi connectivity index (χ2v) is 6.53. The Labute approximate surface area is 159 Å². The minimum atomic E-state index is -4.42. The Morgan fingerprint density at radius 1 is 1.39 bits per heavy atom. The van der Waals surface area contributed by atoms with E-state index in [0.717, 1.165) is 6.07 Å². The second-order valence-electron chi connectivity index (χ2n) is 6.53. The zero-order valence-corrected chi connectivity index (χ0v) is 15.7. The topological polar surface area (TPSA) is 86.8 Å². The molecule has 0 saturated carbocycles. The molecule has 0 aromatic heterocycles. The standard InChI is InChI=1S/C17H23F4N5O2/c1-9-4-5-11(6-12(9)18)15(27)24-16(22-10(2)8-28-3)23-14-7-13(25-26-14)17(19,20)21/h4-6,10,13-14,25-26H,7-8H2,1-3H3,(H2,22,23,24,27)/t10-,13?,14?/m0/s1. The molecule has 1 saturated heterocycles. The Hall–Kier alpha value is -2.24. The number of carbonyl (C=O) groups excluding carboxylic acids is 1. The summed E-state index contributed by atoms with van der Waals surface area (Å²) in [5, 5.41) is 5.35. The maximum absolute atomic E-state index is 13.7. The molecule has 11 heteroatoms. The summed E-state index contributed by atoms with van der Waals surface area (Å²) in [4.78, 5) is 16.5. The van der Waals surface area contributed by atoms with Gasteiger partial charge < -0.3 is 10.1 Å². The van der Waals surface area contributed by atoms with Crippen molar-refractivity contribution in [1.29, 1.82) is 0 Å². The van der Waals surface area contributed by atoms with Crippen LogP contribution in [0.25, 0.3) is 0 Å². The van der Waals surface area contributed by atoms with E-state index in [-0.39, 0.29) is 30.6 Å². The highest BCUT2D eigenvalue weighted by Crippen LogP contribution is 2.25. The molecule has 28 heavy (non-hydrogen) atoms. The molecular formula is C17H23F4N5O2. The summed E-state index contributed by atoms with van der Waals surface area (Å²) >= 11 is 0. The molecule has 0 radical (unpaired) electrons. The van der Waals surface area contributed by atoms with Crippen molar-refractivity contribution in [1.82, 2.24) is 21.5 Å². The number of hydrogen-bond donors (Lipinski definition) is 4. The molecule has 1 heterocycles. The van der Waals surface area contributed by atoms with E-state index in [0.29, 0.717) is 5.56 Å². The van der Waals surface area contributed by atoms with Crippen molar-refractivity contribution in [2.45, 2.75) is 44.7 Å². The second kappa shape index (κ2) is 9.30. The van der Waals surface area contributed by atoms with Crippen molar-refractivity contribution >= 4 is 11.9 Å². The first-order chi connectivity index (χ1) is 13.1. The van der Waals surface area contributed by atoms with Crippen LogP contribution in [-0.4, -0.2) is 50.0 Å². The molecule has 1 amide bonds. The maximum atomic E-state index is 13.7. The SMILES string of the molecule is COC[C@H](C)NC(=NC1CC(C(F)(F)F)NN1)NC(=O)c1ccc(C)c(F)c1. The largest absolute Gasteiger partial charge is 0.405 e. The normalized spacial score (nSPS) is 21.5. The molecule has 7 nitrogen and oxygen atoms in total. The number of rotatable bonds is 5. The van der Waals surface area contributed by atoms with E-state index in [9.17, 15) is 22.4 Å². The van der Waals surface area contributed by atoms with Gasteiger partial charge in [-0.1, -0.05) is 6.07 Å². The molecule has 1 aromatic carbocycles. The third-order valence-corrected chi connectivity index (χ3v) is 4.03. The van der Waals surface area contributed by atoms with Gasteiger partial charge in [0.1, 0.15) is 18.0 Å². The zero-order valence-electron chi connectivity index (χ0n) is 15.7. The lowest BCUT2D eigenvalue weighted by molar-refractivity contribution is -0.153. The van der Waals surface area contributed by atoms with E-state index in [1.807, 2.05) is 0 Å². The van der Waals surface area contributed by atoms with E-state index in [1.54, 1.807) is 13.8 Å². The predicted octanol–water partition coefficient (Wildman–Crippen LogP) is 1.60. The molecule has 0 bridgehead atoms.